The fourth-order valence-corrected chi connectivity index (χ4v) is 0. The average Bonchev–Trinajstić information content (AvgIpc) is 0. The third kappa shape index (κ3) is 15.6. The van der Waals surface area contributed by atoms with Crippen LogP contribution < -0.4 is 0 Å². The first-order valence-corrected chi connectivity index (χ1v) is 0. The number of hydrogen-bond donors (Lipinski definition) is 0. The van der Waals surface area contributed by atoms with E-state index in [0.717, 1.165) is 0 Å². The van der Waals surface area contributed by atoms with Crippen molar-refractivity contribution in [2.45, 2.75) is 7.43 Å². The van der Waals surface area contributed by atoms with Crippen molar-refractivity contribution in [3.63, 3.8) is 0 Å². The van der Waals surface area contributed by atoms with E-state index < -0.39 is 0 Å². The van der Waals surface area contributed by atoms with Gasteiger partial charge >= 0.3 is 0 Å². The van der Waals surface area contributed by atoms with Crippen LogP contribution in [0, 0.1) is 14.9 Å². The minimum atomic E-state index is 0. The van der Waals surface area contributed by atoms with Crippen LogP contribution in [0.15, 0.2) is 0 Å². The van der Waals surface area contributed by atoms with Crippen LogP contribution in [-0.4, -0.2) is 0 Å². The molecule has 1 heteroatoms. The van der Waals surface area contributed by atoms with Gasteiger partial charge in [-0.25, -0.2) is 0 Å². The van der Waals surface area contributed by atoms with Gasteiger partial charge in [0, 0.05) is 36.6 Å². The molecular weight excluding hydrogens is 83.9 g/mol. The summed E-state index contributed by atoms with van der Waals surface area (Å²) < 4.78 is 0. The van der Waals surface area contributed by atoms with E-state index in [4.69, 9.17) is 0 Å². The first-order chi connectivity index (χ1) is 0. The molecule has 4 heavy (non-hydrogen) atoms. The summed E-state index contributed by atoms with van der Waals surface area (Å²) >= 11 is 0. The number of hydrogen-bond acceptors (Lipinski definition) is 0. The van der Waals surface area contributed by atoms with Crippen molar-refractivity contribution in [3.8, 4) is 0 Å². The molecule has 0 aliphatic heterocycles. The summed E-state index contributed by atoms with van der Waals surface area (Å²) in [6, 6.07) is 0. The fraction of sp³-hybridized carbons (Fsp3) is 0.333. The Morgan fingerprint density at radius 1 is 0.750 bits per heavy atom. The molecule has 0 amide bonds. The fourth-order valence-electron chi connectivity index (χ4n) is 0. The summed E-state index contributed by atoms with van der Waals surface area (Å²) in [5.74, 6) is 0. The molecule has 0 spiro atoms. The SMILES string of the molecule is C.[C].[C].[Ti]. The van der Waals surface area contributed by atoms with E-state index in [-0.39, 0.29) is 44.0 Å². The average molecular weight is 87.9 g/mol. The Morgan fingerprint density at radius 2 is 0.750 bits per heavy atom. The predicted molar refractivity (Wildman–Crippen MR) is 13.2 cm³/mol. The predicted octanol–water partition coefficient (Wildman–Crippen LogP) is 0.796. The van der Waals surface area contributed by atoms with Crippen LogP contribution in [0.2, 0.25) is 0 Å². The van der Waals surface area contributed by atoms with Crippen molar-refractivity contribution in [1.82, 2.24) is 0 Å². The zero-order chi connectivity index (χ0) is 0. The monoisotopic (exact) mass is 88.0 g/mol. The van der Waals surface area contributed by atoms with Crippen LogP contribution in [0.3, 0.4) is 0 Å². The van der Waals surface area contributed by atoms with E-state index in [9.17, 15) is 0 Å². The Labute approximate surface area is 44.5 Å². The van der Waals surface area contributed by atoms with Gasteiger partial charge in [0.2, 0.25) is 0 Å². The van der Waals surface area contributed by atoms with Gasteiger partial charge in [0.25, 0.3) is 0 Å². The van der Waals surface area contributed by atoms with Gasteiger partial charge in [-0.3, -0.25) is 0 Å². The molecule has 0 rings (SSSR count). The Hall–Kier alpha value is 0.714. The molecule has 0 bridgehead atoms. The van der Waals surface area contributed by atoms with Crippen LogP contribution >= 0.6 is 0 Å². The van der Waals surface area contributed by atoms with Gasteiger partial charge in [0.1, 0.15) is 0 Å². The summed E-state index contributed by atoms with van der Waals surface area (Å²) in [7, 11) is 0. The minimum Gasteiger partial charge on any atom is -0.0776 e. The zero-order valence-electron chi connectivity index (χ0n) is 1.50. The maximum Gasteiger partial charge on any atom is 0 e. The molecule has 0 saturated heterocycles. The standard InChI is InChI=1S/CH4.2C.Ti/h1H4;;;. The summed E-state index contributed by atoms with van der Waals surface area (Å²) in [4.78, 5) is 0. The topological polar surface area (TPSA) is 0 Å². The Balaban J connectivity index is 0. The quantitative estimate of drug-likeness (QED) is 0.384. The van der Waals surface area contributed by atoms with E-state index in [2.05, 4.69) is 0 Å². The van der Waals surface area contributed by atoms with Crippen molar-refractivity contribution in [3.05, 3.63) is 14.9 Å². The second-order valence-electron chi connectivity index (χ2n) is 0. The van der Waals surface area contributed by atoms with Gasteiger partial charge in [-0.15, -0.1) is 0 Å². The van der Waals surface area contributed by atoms with Gasteiger partial charge in [0.15, 0.2) is 0 Å². The van der Waals surface area contributed by atoms with Gasteiger partial charge < -0.3 is 0 Å². The van der Waals surface area contributed by atoms with Gasteiger partial charge in [-0.05, 0) is 0 Å². The summed E-state index contributed by atoms with van der Waals surface area (Å²) in [5.41, 5.74) is 0. The van der Waals surface area contributed by atoms with Gasteiger partial charge in [-0.2, -0.15) is 0 Å². The van der Waals surface area contributed by atoms with Gasteiger partial charge in [0.05, 0.1) is 0 Å². The second-order valence-corrected chi connectivity index (χ2v) is 0. The molecule has 8 radical (unpaired) electrons. The van der Waals surface area contributed by atoms with Crippen molar-refractivity contribution in [2.75, 3.05) is 0 Å². The second kappa shape index (κ2) is 53.6. The van der Waals surface area contributed by atoms with Crippen molar-refractivity contribution in [1.29, 1.82) is 0 Å². The first kappa shape index (κ1) is 127. The molecule has 0 nitrogen and oxygen atoms in total. The summed E-state index contributed by atoms with van der Waals surface area (Å²) in [5, 5.41) is 0. The van der Waals surface area contributed by atoms with Crippen LogP contribution in [0.1, 0.15) is 7.43 Å². The molecule has 20 valence electrons. The summed E-state index contributed by atoms with van der Waals surface area (Å²) in [6.45, 7) is 0. The van der Waals surface area contributed by atoms with E-state index in [1.165, 1.54) is 0 Å². The molecule has 0 N–H and O–H groups in total. The van der Waals surface area contributed by atoms with E-state index >= 15 is 0 Å². The van der Waals surface area contributed by atoms with Crippen LogP contribution in [0.4, 0.5) is 0 Å². The van der Waals surface area contributed by atoms with E-state index in [1.807, 2.05) is 0 Å². The first-order valence-electron chi connectivity index (χ1n) is 0. The molecular formula is C3H4Ti. The minimum absolute atomic E-state index is 0. The maximum atomic E-state index is 0. The molecule has 0 fully saturated rings. The van der Waals surface area contributed by atoms with E-state index in [0.29, 0.717) is 0 Å². The molecule has 0 aliphatic carbocycles. The molecule has 0 aromatic heterocycles. The summed E-state index contributed by atoms with van der Waals surface area (Å²) in [6.07, 6.45) is 0. The van der Waals surface area contributed by atoms with Crippen LogP contribution in [-0.2, 0) is 21.7 Å². The van der Waals surface area contributed by atoms with Crippen molar-refractivity contribution in [2.24, 2.45) is 0 Å². The Morgan fingerprint density at radius 3 is 0.750 bits per heavy atom. The normalized spacial score (nSPS) is 0. The smallest absolute Gasteiger partial charge is 0 e. The molecule has 0 aromatic carbocycles. The Bertz CT molecular complexity index is 3.25. The van der Waals surface area contributed by atoms with E-state index in [1.54, 1.807) is 0 Å². The maximum absolute atomic E-state index is 0. The van der Waals surface area contributed by atoms with Crippen molar-refractivity contribution >= 4 is 0 Å². The molecule has 0 saturated carbocycles. The van der Waals surface area contributed by atoms with Crippen LogP contribution in [0.5, 0.6) is 0 Å². The molecule has 0 unspecified atom stereocenters. The largest absolute Gasteiger partial charge is 0.0776 e. The number of rotatable bonds is 0. The zero-order valence-corrected chi connectivity index (χ0v) is 3.06. The molecule has 0 aromatic rings. The van der Waals surface area contributed by atoms with Gasteiger partial charge in [-0.1, -0.05) is 7.43 Å². The molecule has 0 heterocycles. The van der Waals surface area contributed by atoms with Crippen LogP contribution in [0.25, 0.3) is 0 Å². The molecule has 0 aliphatic rings. The van der Waals surface area contributed by atoms with Crippen molar-refractivity contribution < 1.29 is 21.7 Å². The third-order valence-corrected chi connectivity index (χ3v) is 0. The molecule has 0 atom stereocenters. The third-order valence-electron chi connectivity index (χ3n) is 0. The Kier molecular flexibility index (Phi) is 1710.